The topological polar surface area (TPSA) is 25.2 Å². The highest BCUT2D eigenvalue weighted by Crippen LogP contribution is 2.31. The molecular formula is C16H12ClF2NO. The molecule has 1 N–H and O–H groups in total. The molecule has 3 rings (SSSR count). The van der Waals surface area contributed by atoms with Crippen molar-refractivity contribution in [2.75, 3.05) is 7.05 Å². The average molecular weight is 308 g/mol. The van der Waals surface area contributed by atoms with E-state index in [1.54, 1.807) is 7.05 Å². The third-order valence-electron chi connectivity index (χ3n) is 3.37. The average Bonchev–Trinajstić information content (AvgIpc) is 2.88. The molecular weight excluding hydrogens is 296 g/mol. The van der Waals surface area contributed by atoms with Crippen LogP contribution in [0.15, 0.2) is 46.9 Å². The Labute approximate surface area is 125 Å². The van der Waals surface area contributed by atoms with Gasteiger partial charge in [-0.3, -0.25) is 0 Å². The molecule has 0 aliphatic heterocycles. The Kier molecular flexibility index (Phi) is 3.66. The van der Waals surface area contributed by atoms with Crippen LogP contribution in [0.4, 0.5) is 8.78 Å². The van der Waals surface area contributed by atoms with Gasteiger partial charge in [-0.25, -0.2) is 8.78 Å². The van der Waals surface area contributed by atoms with Gasteiger partial charge in [-0.05, 0) is 31.3 Å². The molecule has 1 heterocycles. The third-order valence-corrected chi connectivity index (χ3v) is 3.66. The van der Waals surface area contributed by atoms with E-state index in [1.807, 2.05) is 30.3 Å². The highest BCUT2D eigenvalue weighted by molar-refractivity contribution is 6.30. The van der Waals surface area contributed by atoms with Gasteiger partial charge in [0, 0.05) is 10.9 Å². The molecule has 1 unspecified atom stereocenters. The number of nitrogens with one attached hydrogen (secondary N) is 1. The summed E-state index contributed by atoms with van der Waals surface area (Å²) >= 11 is 5.59. The maximum absolute atomic E-state index is 14.1. The lowest BCUT2D eigenvalue weighted by atomic mass is 10.0. The summed E-state index contributed by atoms with van der Waals surface area (Å²) in [5.74, 6) is -0.732. The van der Waals surface area contributed by atoms with Crippen molar-refractivity contribution in [1.82, 2.24) is 5.32 Å². The van der Waals surface area contributed by atoms with E-state index in [1.165, 1.54) is 0 Å². The molecule has 0 amide bonds. The van der Waals surface area contributed by atoms with E-state index in [2.05, 4.69) is 5.32 Å². The lowest BCUT2D eigenvalue weighted by Crippen LogP contribution is -2.18. The van der Waals surface area contributed by atoms with Crippen LogP contribution in [0.1, 0.15) is 17.4 Å². The number of hydrogen-bond acceptors (Lipinski definition) is 2. The minimum atomic E-state index is -0.663. The number of rotatable bonds is 3. The zero-order valence-electron chi connectivity index (χ0n) is 11.2. The monoisotopic (exact) mass is 307 g/mol. The van der Waals surface area contributed by atoms with Gasteiger partial charge < -0.3 is 9.73 Å². The van der Waals surface area contributed by atoms with Gasteiger partial charge in [0.1, 0.15) is 23.0 Å². The fourth-order valence-corrected chi connectivity index (χ4v) is 2.51. The molecule has 0 aliphatic carbocycles. The van der Waals surface area contributed by atoms with Crippen molar-refractivity contribution < 1.29 is 13.2 Å². The molecule has 0 radical (unpaired) electrons. The first kappa shape index (κ1) is 14.0. The van der Waals surface area contributed by atoms with Gasteiger partial charge in [-0.2, -0.15) is 0 Å². The van der Waals surface area contributed by atoms with Crippen molar-refractivity contribution in [1.29, 1.82) is 0 Å². The number of fused-ring (bicyclic) bond motifs is 1. The Morgan fingerprint density at radius 3 is 2.57 bits per heavy atom. The first-order valence-electron chi connectivity index (χ1n) is 6.40. The lowest BCUT2D eigenvalue weighted by Gasteiger charge is -2.15. The van der Waals surface area contributed by atoms with Crippen LogP contribution in [0.2, 0.25) is 5.02 Å². The Bertz CT molecular complexity index is 767. The van der Waals surface area contributed by atoms with Crippen LogP contribution in [0.25, 0.3) is 11.0 Å². The second-order valence-corrected chi connectivity index (χ2v) is 5.10. The third kappa shape index (κ3) is 2.52. The molecule has 5 heteroatoms. The molecule has 1 atom stereocenters. The maximum Gasteiger partial charge on any atom is 0.142 e. The Morgan fingerprint density at radius 2 is 1.86 bits per heavy atom. The molecule has 0 saturated carbocycles. The van der Waals surface area contributed by atoms with E-state index in [9.17, 15) is 8.78 Å². The number of para-hydroxylation sites is 1. The lowest BCUT2D eigenvalue weighted by molar-refractivity contribution is 0.473. The van der Waals surface area contributed by atoms with E-state index >= 15 is 0 Å². The minimum absolute atomic E-state index is 0.151. The standard InChI is InChI=1S/C16H12ClF2NO/c1-20-16(10-7-13(19)11(17)8-12(10)18)15-6-9-4-2-3-5-14(9)21-15/h2-8,16,20H,1H3. The zero-order valence-corrected chi connectivity index (χ0v) is 11.9. The molecule has 2 nitrogen and oxygen atoms in total. The summed E-state index contributed by atoms with van der Waals surface area (Å²) in [6.45, 7) is 0. The van der Waals surface area contributed by atoms with Crippen molar-refractivity contribution in [2.24, 2.45) is 0 Å². The fourth-order valence-electron chi connectivity index (χ4n) is 2.35. The molecule has 1 aromatic heterocycles. The Hall–Kier alpha value is -1.91. The molecule has 0 bridgehead atoms. The van der Waals surface area contributed by atoms with Gasteiger partial charge in [0.05, 0.1) is 11.1 Å². The van der Waals surface area contributed by atoms with Gasteiger partial charge in [-0.1, -0.05) is 29.8 Å². The summed E-state index contributed by atoms with van der Waals surface area (Å²) in [6, 6.07) is 10.7. The van der Waals surface area contributed by atoms with Gasteiger partial charge in [0.25, 0.3) is 0 Å². The van der Waals surface area contributed by atoms with Crippen LogP contribution in [-0.4, -0.2) is 7.05 Å². The van der Waals surface area contributed by atoms with Crippen LogP contribution >= 0.6 is 11.6 Å². The number of hydrogen-bond donors (Lipinski definition) is 1. The smallest absolute Gasteiger partial charge is 0.142 e. The summed E-state index contributed by atoms with van der Waals surface area (Å²) in [7, 11) is 1.66. The van der Waals surface area contributed by atoms with Crippen molar-refractivity contribution in [3.8, 4) is 0 Å². The van der Waals surface area contributed by atoms with E-state index in [-0.39, 0.29) is 10.6 Å². The maximum atomic E-state index is 14.1. The molecule has 0 aliphatic rings. The Balaban J connectivity index is 2.11. The van der Waals surface area contributed by atoms with Gasteiger partial charge in [0.2, 0.25) is 0 Å². The van der Waals surface area contributed by atoms with Crippen molar-refractivity contribution in [2.45, 2.75) is 6.04 Å². The first-order valence-corrected chi connectivity index (χ1v) is 6.78. The summed E-state index contributed by atoms with van der Waals surface area (Å²) in [4.78, 5) is 0. The molecule has 0 fully saturated rings. The molecule has 0 spiro atoms. The number of halogens is 3. The normalized spacial score (nSPS) is 12.8. The SMILES string of the molecule is CNC(c1cc2ccccc2o1)c1cc(F)c(Cl)cc1F. The predicted octanol–water partition coefficient (Wildman–Crippen LogP) is 4.67. The molecule has 2 aromatic carbocycles. The van der Waals surface area contributed by atoms with E-state index in [4.69, 9.17) is 16.0 Å². The van der Waals surface area contributed by atoms with E-state index in [0.717, 1.165) is 17.5 Å². The van der Waals surface area contributed by atoms with Crippen LogP contribution in [0.5, 0.6) is 0 Å². The van der Waals surface area contributed by atoms with Crippen LogP contribution in [0, 0.1) is 11.6 Å². The van der Waals surface area contributed by atoms with Gasteiger partial charge in [0.15, 0.2) is 0 Å². The largest absolute Gasteiger partial charge is 0.459 e. The van der Waals surface area contributed by atoms with Gasteiger partial charge in [-0.15, -0.1) is 0 Å². The van der Waals surface area contributed by atoms with Gasteiger partial charge >= 0.3 is 0 Å². The fraction of sp³-hybridized carbons (Fsp3) is 0.125. The highest BCUT2D eigenvalue weighted by atomic mass is 35.5. The molecule has 0 saturated heterocycles. The van der Waals surface area contributed by atoms with Crippen molar-refractivity contribution in [3.63, 3.8) is 0 Å². The minimum Gasteiger partial charge on any atom is -0.459 e. The van der Waals surface area contributed by atoms with Crippen molar-refractivity contribution >= 4 is 22.6 Å². The summed E-state index contributed by atoms with van der Waals surface area (Å²) in [5.41, 5.74) is 0.848. The zero-order chi connectivity index (χ0) is 15.0. The van der Waals surface area contributed by atoms with Crippen LogP contribution in [0.3, 0.4) is 0 Å². The molecule has 108 valence electrons. The second kappa shape index (κ2) is 5.47. The first-order chi connectivity index (χ1) is 10.1. The predicted molar refractivity (Wildman–Crippen MR) is 78.5 cm³/mol. The van der Waals surface area contributed by atoms with Crippen LogP contribution in [-0.2, 0) is 0 Å². The summed E-state index contributed by atoms with van der Waals surface area (Å²) in [5, 5.41) is 3.60. The second-order valence-electron chi connectivity index (χ2n) is 4.70. The highest BCUT2D eigenvalue weighted by Gasteiger charge is 2.22. The quantitative estimate of drug-likeness (QED) is 0.711. The van der Waals surface area contributed by atoms with E-state index < -0.39 is 17.7 Å². The summed E-state index contributed by atoms with van der Waals surface area (Å²) < 4.78 is 33.4. The van der Waals surface area contributed by atoms with E-state index in [0.29, 0.717) is 11.3 Å². The molecule has 3 aromatic rings. The number of furan rings is 1. The van der Waals surface area contributed by atoms with Crippen molar-refractivity contribution in [3.05, 3.63) is 70.4 Å². The molecule has 21 heavy (non-hydrogen) atoms. The Morgan fingerprint density at radius 1 is 1.10 bits per heavy atom. The van der Waals surface area contributed by atoms with Crippen LogP contribution < -0.4 is 5.32 Å². The summed E-state index contributed by atoms with van der Waals surface area (Å²) in [6.07, 6.45) is 0. The number of benzene rings is 2.